The minimum Gasteiger partial charge on any atom is -0.394 e. The topological polar surface area (TPSA) is 61.4 Å². The lowest BCUT2D eigenvalue weighted by Crippen LogP contribution is -2.54. The SMILES string of the molecule is C[C@](CO)(NC(=O)NC[C@H]1C[C@@]12CCc1ccccc12)C1CC1. The summed E-state index contributed by atoms with van der Waals surface area (Å²) in [4.78, 5) is 12.2. The zero-order valence-corrected chi connectivity index (χ0v) is 13.8. The van der Waals surface area contributed by atoms with Crippen LogP contribution in [-0.4, -0.2) is 29.8 Å². The smallest absolute Gasteiger partial charge is 0.315 e. The van der Waals surface area contributed by atoms with Gasteiger partial charge < -0.3 is 15.7 Å². The first-order valence-electron chi connectivity index (χ1n) is 8.83. The summed E-state index contributed by atoms with van der Waals surface area (Å²) in [5.41, 5.74) is 2.85. The van der Waals surface area contributed by atoms with Crippen LogP contribution in [0.2, 0.25) is 0 Å². The van der Waals surface area contributed by atoms with E-state index in [1.807, 2.05) is 6.92 Å². The minimum absolute atomic E-state index is 0.00578. The molecular formula is C19H26N2O2. The number of fused-ring (bicyclic) bond motifs is 2. The summed E-state index contributed by atoms with van der Waals surface area (Å²) < 4.78 is 0. The maximum absolute atomic E-state index is 12.2. The Hall–Kier alpha value is -1.55. The lowest BCUT2D eigenvalue weighted by Gasteiger charge is -2.28. The van der Waals surface area contributed by atoms with Crippen LogP contribution in [0.3, 0.4) is 0 Å². The van der Waals surface area contributed by atoms with Crippen molar-refractivity contribution in [1.29, 1.82) is 0 Å². The predicted molar refractivity (Wildman–Crippen MR) is 89.3 cm³/mol. The van der Waals surface area contributed by atoms with Gasteiger partial charge in [0.25, 0.3) is 0 Å². The van der Waals surface area contributed by atoms with Gasteiger partial charge in [-0.05, 0) is 62.0 Å². The number of benzene rings is 1. The number of amides is 2. The monoisotopic (exact) mass is 314 g/mol. The molecule has 124 valence electrons. The van der Waals surface area contributed by atoms with Gasteiger partial charge in [0.15, 0.2) is 0 Å². The zero-order valence-electron chi connectivity index (χ0n) is 13.8. The van der Waals surface area contributed by atoms with E-state index in [1.54, 1.807) is 0 Å². The maximum Gasteiger partial charge on any atom is 0.315 e. The fourth-order valence-corrected chi connectivity index (χ4v) is 4.51. The van der Waals surface area contributed by atoms with Crippen molar-refractivity contribution in [2.45, 2.75) is 50.0 Å². The van der Waals surface area contributed by atoms with Gasteiger partial charge >= 0.3 is 6.03 Å². The van der Waals surface area contributed by atoms with E-state index in [4.69, 9.17) is 0 Å². The molecule has 1 spiro atoms. The lowest BCUT2D eigenvalue weighted by molar-refractivity contribution is 0.155. The van der Waals surface area contributed by atoms with Crippen molar-refractivity contribution in [1.82, 2.24) is 10.6 Å². The Morgan fingerprint density at radius 1 is 1.39 bits per heavy atom. The third-order valence-corrected chi connectivity index (χ3v) is 6.34. The third kappa shape index (κ3) is 2.53. The second-order valence-corrected chi connectivity index (χ2v) is 7.90. The van der Waals surface area contributed by atoms with Gasteiger partial charge in [-0.25, -0.2) is 4.79 Å². The zero-order chi connectivity index (χ0) is 16.1. The number of aliphatic hydroxyl groups is 1. The first kappa shape index (κ1) is 15.0. The van der Waals surface area contributed by atoms with E-state index >= 15 is 0 Å². The molecule has 0 aliphatic heterocycles. The van der Waals surface area contributed by atoms with Crippen molar-refractivity contribution in [3.63, 3.8) is 0 Å². The molecular weight excluding hydrogens is 288 g/mol. The molecule has 3 N–H and O–H groups in total. The highest BCUT2D eigenvalue weighted by Gasteiger charge is 2.57. The molecule has 0 unspecified atom stereocenters. The summed E-state index contributed by atoms with van der Waals surface area (Å²) in [6.07, 6.45) is 5.77. The van der Waals surface area contributed by atoms with Gasteiger partial charge in [-0.3, -0.25) is 0 Å². The number of hydrogen-bond acceptors (Lipinski definition) is 2. The Morgan fingerprint density at radius 3 is 2.91 bits per heavy atom. The predicted octanol–water partition coefficient (Wildman–Crippen LogP) is 2.35. The van der Waals surface area contributed by atoms with E-state index in [1.165, 1.54) is 30.4 Å². The molecule has 0 saturated heterocycles. The molecule has 4 heteroatoms. The maximum atomic E-state index is 12.2. The first-order chi connectivity index (χ1) is 11.1. The second-order valence-electron chi connectivity index (χ2n) is 7.90. The summed E-state index contributed by atoms with van der Waals surface area (Å²) in [6.45, 7) is 2.67. The molecule has 4 nitrogen and oxygen atoms in total. The van der Waals surface area contributed by atoms with E-state index in [2.05, 4.69) is 34.9 Å². The second kappa shape index (κ2) is 5.23. The van der Waals surface area contributed by atoms with Crippen molar-refractivity contribution in [2.75, 3.05) is 13.2 Å². The standard InChI is InChI=1S/C19H26N2O2/c1-18(12-22,14-6-7-14)21-17(23)20-11-15-10-19(15)9-8-13-4-2-3-5-16(13)19/h2-5,14-15,22H,6-12H2,1H3,(H2,20,21,23)/t15-,18-,19+/m1/s1. The summed E-state index contributed by atoms with van der Waals surface area (Å²) in [5.74, 6) is 0.977. The van der Waals surface area contributed by atoms with Crippen molar-refractivity contribution in [3.05, 3.63) is 35.4 Å². The highest BCUT2D eigenvalue weighted by molar-refractivity contribution is 5.75. The quantitative estimate of drug-likeness (QED) is 0.781. The summed E-state index contributed by atoms with van der Waals surface area (Å²) in [6, 6.07) is 8.61. The Labute approximate surface area is 137 Å². The van der Waals surface area contributed by atoms with E-state index in [0.29, 0.717) is 17.3 Å². The Kier molecular flexibility index (Phi) is 3.41. The van der Waals surface area contributed by atoms with Gasteiger partial charge in [0.05, 0.1) is 12.1 Å². The van der Waals surface area contributed by atoms with E-state index < -0.39 is 5.54 Å². The number of aliphatic hydroxyl groups excluding tert-OH is 1. The van der Waals surface area contributed by atoms with Crippen LogP contribution in [0.1, 0.15) is 43.7 Å². The molecule has 0 bridgehead atoms. The van der Waals surface area contributed by atoms with Crippen molar-refractivity contribution in [3.8, 4) is 0 Å². The Morgan fingerprint density at radius 2 is 2.17 bits per heavy atom. The Bertz CT molecular complexity index is 628. The van der Waals surface area contributed by atoms with E-state index in [-0.39, 0.29) is 12.6 Å². The number of hydrogen-bond donors (Lipinski definition) is 3. The molecule has 3 aliphatic carbocycles. The number of rotatable bonds is 5. The molecule has 1 aromatic rings. The van der Waals surface area contributed by atoms with Crippen LogP contribution in [0, 0.1) is 11.8 Å². The van der Waals surface area contributed by atoms with E-state index in [0.717, 1.165) is 19.4 Å². The number of carbonyl (C=O) groups excluding carboxylic acids is 1. The molecule has 3 atom stereocenters. The highest BCUT2D eigenvalue weighted by atomic mass is 16.3. The third-order valence-electron chi connectivity index (χ3n) is 6.34. The average molecular weight is 314 g/mol. The molecule has 0 heterocycles. The molecule has 2 fully saturated rings. The minimum atomic E-state index is -0.467. The molecule has 0 aromatic heterocycles. The summed E-state index contributed by atoms with van der Waals surface area (Å²) in [7, 11) is 0. The van der Waals surface area contributed by atoms with Gasteiger partial charge in [-0.15, -0.1) is 0 Å². The van der Waals surface area contributed by atoms with Crippen LogP contribution in [0.15, 0.2) is 24.3 Å². The summed E-state index contributed by atoms with van der Waals surface area (Å²) in [5, 5.41) is 15.6. The molecule has 3 aliphatic rings. The van der Waals surface area contributed by atoms with E-state index in [9.17, 15) is 9.90 Å². The van der Waals surface area contributed by atoms with Crippen LogP contribution >= 0.6 is 0 Å². The van der Waals surface area contributed by atoms with Gasteiger partial charge in [-0.1, -0.05) is 24.3 Å². The van der Waals surface area contributed by atoms with Crippen LogP contribution in [0.4, 0.5) is 4.79 Å². The van der Waals surface area contributed by atoms with Gasteiger partial charge in [-0.2, -0.15) is 0 Å². The largest absolute Gasteiger partial charge is 0.394 e. The number of nitrogens with one attached hydrogen (secondary N) is 2. The fourth-order valence-electron chi connectivity index (χ4n) is 4.51. The number of urea groups is 1. The fraction of sp³-hybridized carbons (Fsp3) is 0.632. The van der Waals surface area contributed by atoms with Gasteiger partial charge in [0.2, 0.25) is 0 Å². The van der Waals surface area contributed by atoms with Crippen LogP contribution < -0.4 is 10.6 Å². The number of aryl methyl sites for hydroxylation is 1. The number of carbonyl (C=O) groups is 1. The van der Waals surface area contributed by atoms with Crippen molar-refractivity contribution >= 4 is 6.03 Å². The first-order valence-corrected chi connectivity index (χ1v) is 8.83. The van der Waals surface area contributed by atoms with Crippen LogP contribution in [0.5, 0.6) is 0 Å². The lowest BCUT2D eigenvalue weighted by atomic mass is 9.95. The van der Waals surface area contributed by atoms with Crippen LogP contribution in [-0.2, 0) is 11.8 Å². The molecule has 0 radical (unpaired) electrons. The molecule has 23 heavy (non-hydrogen) atoms. The molecule has 1 aromatic carbocycles. The molecule has 4 rings (SSSR count). The van der Waals surface area contributed by atoms with Crippen molar-refractivity contribution < 1.29 is 9.90 Å². The molecule has 2 saturated carbocycles. The van der Waals surface area contributed by atoms with Crippen LogP contribution in [0.25, 0.3) is 0 Å². The average Bonchev–Trinajstić information content (AvgIpc) is 3.45. The molecule has 2 amide bonds. The highest BCUT2D eigenvalue weighted by Crippen LogP contribution is 2.61. The van der Waals surface area contributed by atoms with Gasteiger partial charge in [0, 0.05) is 12.0 Å². The normalized spacial score (nSPS) is 30.6. The summed E-state index contributed by atoms with van der Waals surface area (Å²) >= 11 is 0. The van der Waals surface area contributed by atoms with Crippen molar-refractivity contribution in [2.24, 2.45) is 11.8 Å². The Balaban J connectivity index is 1.32. The van der Waals surface area contributed by atoms with Gasteiger partial charge in [0.1, 0.15) is 0 Å².